The molecule has 0 unspecified atom stereocenters. The number of nitrogens with two attached hydrogens (primary N) is 1. The van der Waals surface area contributed by atoms with E-state index in [0.717, 1.165) is 0 Å². The van der Waals surface area contributed by atoms with Crippen LogP contribution in [0.3, 0.4) is 0 Å². The fraction of sp³-hybridized carbons (Fsp3) is 0.167. The van der Waals surface area contributed by atoms with E-state index in [2.05, 4.69) is 10.4 Å². The number of anilines is 2. The van der Waals surface area contributed by atoms with Crippen molar-refractivity contribution in [3.05, 3.63) is 40.1 Å². The molecule has 0 aliphatic rings. The quantitative estimate of drug-likeness (QED) is 0.915. The summed E-state index contributed by atoms with van der Waals surface area (Å²) in [7, 11) is 0. The lowest BCUT2D eigenvalue weighted by atomic mass is 10.3. The molecule has 0 saturated heterocycles. The summed E-state index contributed by atoms with van der Waals surface area (Å²) in [6, 6.07) is 4.81. The molecule has 0 bridgehead atoms. The first-order chi connectivity index (χ1) is 9.01. The maximum Gasteiger partial charge on any atom is 0.278 e. The average molecular weight is 299 g/mol. The summed E-state index contributed by atoms with van der Waals surface area (Å²) in [5.41, 5.74) is 6.64. The lowest BCUT2D eigenvalue weighted by Gasteiger charge is -2.06. The second-order valence-electron chi connectivity index (χ2n) is 3.87. The van der Waals surface area contributed by atoms with Crippen LogP contribution in [0.1, 0.15) is 17.4 Å². The van der Waals surface area contributed by atoms with E-state index in [1.165, 1.54) is 0 Å². The summed E-state index contributed by atoms with van der Waals surface area (Å²) in [4.78, 5) is 12.1. The Labute approximate surface area is 120 Å². The molecule has 0 radical (unpaired) electrons. The lowest BCUT2D eigenvalue weighted by Crippen LogP contribution is -2.15. The minimum absolute atomic E-state index is 0.165. The molecule has 7 heteroatoms. The fourth-order valence-corrected chi connectivity index (χ4v) is 1.89. The van der Waals surface area contributed by atoms with Gasteiger partial charge >= 0.3 is 0 Å². The number of halogens is 2. The predicted molar refractivity (Wildman–Crippen MR) is 76.7 cm³/mol. The van der Waals surface area contributed by atoms with Gasteiger partial charge in [0.1, 0.15) is 0 Å². The molecule has 0 fully saturated rings. The maximum absolute atomic E-state index is 12.1. The van der Waals surface area contributed by atoms with E-state index >= 15 is 0 Å². The molecular weight excluding hydrogens is 287 g/mol. The highest BCUT2D eigenvalue weighted by Crippen LogP contribution is 2.26. The van der Waals surface area contributed by atoms with Gasteiger partial charge in [-0.15, -0.1) is 0 Å². The van der Waals surface area contributed by atoms with Crippen LogP contribution in [-0.2, 0) is 6.54 Å². The van der Waals surface area contributed by atoms with Gasteiger partial charge in [-0.3, -0.25) is 9.48 Å². The molecular formula is C12H12Cl2N4O. The van der Waals surface area contributed by atoms with Crippen LogP contribution in [0.25, 0.3) is 0 Å². The zero-order valence-corrected chi connectivity index (χ0v) is 11.7. The molecule has 0 aliphatic heterocycles. The highest BCUT2D eigenvalue weighted by atomic mass is 35.5. The largest absolute Gasteiger partial charge is 0.396 e. The van der Waals surface area contributed by atoms with Crippen molar-refractivity contribution < 1.29 is 4.79 Å². The average Bonchev–Trinajstić information content (AvgIpc) is 2.75. The van der Waals surface area contributed by atoms with Crippen molar-refractivity contribution in [2.75, 3.05) is 11.1 Å². The minimum Gasteiger partial charge on any atom is -0.396 e. The van der Waals surface area contributed by atoms with Crippen molar-refractivity contribution in [2.24, 2.45) is 0 Å². The SMILES string of the molecule is CCn1cc(N)c(C(=O)Nc2cc(Cl)ccc2Cl)n1. The molecule has 0 aliphatic carbocycles. The molecule has 5 nitrogen and oxygen atoms in total. The zero-order valence-electron chi connectivity index (χ0n) is 10.2. The van der Waals surface area contributed by atoms with Gasteiger partial charge in [0.2, 0.25) is 0 Å². The Hall–Kier alpha value is -1.72. The van der Waals surface area contributed by atoms with Gasteiger partial charge in [0.25, 0.3) is 5.91 Å². The number of nitrogen functional groups attached to an aromatic ring is 1. The normalized spacial score (nSPS) is 10.5. The van der Waals surface area contributed by atoms with Crippen LogP contribution in [0.2, 0.25) is 10.0 Å². The lowest BCUT2D eigenvalue weighted by molar-refractivity contribution is 0.102. The van der Waals surface area contributed by atoms with Crippen molar-refractivity contribution in [2.45, 2.75) is 13.5 Å². The van der Waals surface area contributed by atoms with Gasteiger partial charge < -0.3 is 11.1 Å². The van der Waals surface area contributed by atoms with Gasteiger partial charge in [0.15, 0.2) is 5.69 Å². The summed E-state index contributed by atoms with van der Waals surface area (Å²) in [6.07, 6.45) is 1.61. The van der Waals surface area contributed by atoms with Gasteiger partial charge in [0.05, 0.1) is 16.4 Å². The van der Waals surface area contributed by atoms with Crippen molar-refractivity contribution >= 4 is 40.5 Å². The number of benzene rings is 1. The van der Waals surface area contributed by atoms with Crippen LogP contribution in [0, 0.1) is 0 Å². The summed E-state index contributed by atoms with van der Waals surface area (Å²) in [5, 5.41) is 7.59. The van der Waals surface area contributed by atoms with Crippen molar-refractivity contribution in [1.29, 1.82) is 0 Å². The van der Waals surface area contributed by atoms with E-state index < -0.39 is 5.91 Å². The molecule has 3 N–H and O–H groups in total. The summed E-state index contributed by atoms with van der Waals surface area (Å²) < 4.78 is 1.59. The number of nitrogens with one attached hydrogen (secondary N) is 1. The molecule has 1 amide bonds. The predicted octanol–water partition coefficient (Wildman–Crippen LogP) is 3.04. The molecule has 100 valence electrons. The number of carbonyl (C=O) groups excluding carboxylic acids is 1. The third-order valence-electron chi connectivity index (χ3n) is 2.51. The van der Waals surface area contributed by atoms with Gasteiger partial charge in [-0.2, -0.15) is 5.10 Å². The van der Waals surface area contributed by atoms with E-state index in [4.69, 9.17) is 28.9 Å². The fourth-order valence-electron chi connectivity index (χ4n) is 1.55. The second kappa shape index (κ2) is 5.50. The Kier molecular flexibility index (Phi) is 3.97. The van der Waals surface area contributed by atoms with Crippen molar-refractivity contribution in [3.8, 4) is 0 Å². The molecule has 2 aromatic rings. The monoisotopic (exact) mass is 298 g/mol. The molecule has 2 rings (SSSR count). The number of amides is 1. The highest BCUT2D eigenvalue weighted by molar-refractivity contribution is 6.35. The molecule has 1 aromatic carbocycles. The number of hydrogen-bond acceptors (Lipinski definition) is 3. The number of aromatic nitrogens is 2. The number of aryl methyl sites for hydroxylation is 1. The smallest absolute Gasteiger partial charge is 0.278 e. The molecule has 0 spiro atoms. The van der Waals surface area contributed by atoms with Crippen LogP contribution in [0.4, 0.5) is 11.4 Å². The van der Waals surface area contributed by atoms with Crippen molar-refractivity contribution in [3.63, 3.8) is 0 Å². The van der Waals surface area contributed by atoms with Gasteiger partial charge in [0, 0.05) is 17.8 Å². The number of carbonyl (C=O) groups is 1. The van der Waals surface area contributed by atoms with E-state index in [0.29, 0.717) is 28.0 Å². The Morgan fingerprint density at radius 3 is 2.84 bits per heavy atom. The molecule has 1 heterocycles. The van der Waals surface area contributed by atoms with Crippen LogP contribution < -0.4 is 11.1 Å². The number of rotatable bonds is 3. The molecule has 0 atom stereocenters. The summed E-state index contributed by atoms with van der Waals surface area (Å²) >= 11 is 11.8. The first-order valence-electron chi connectivity index (χ1n) is 5.60. The van der Waals surface area contributed by atoms with E-state index in [9.17, 15) is 4.79 Å². The molecule has 1 aromatic heterocycles. The zero-order chi connectivity index (χ0) is 14.0. The first kappa shape index (κ1) is 13.7. The van der Waals surface area contributed by atoms with Crippen LogP contribution >= 0.6 is 23.2 Å². The second-order valence-corrected chi connectivity index (χ2v) is 4.71. The Morgan fingerprint density at radius 1 is 1.47 bits per heavy atom. The first-order valence-corrected chi connectivity index (χ1v) is 6.36. The van der Waals surface area contributed by atoms with Gasteiger partial charge in [-0.1, -0.05) is 23.2 Å². The van der Waals surface area contributed by atoms with Gasteiger partial charge in [-0.05, 0) is 25.1 Å². The topological polar surface area (TPSA) is 72.9 Å². The van der Waals surface area contributed by atoms with Crippen molar-refractivity contribution in [1.82, 2.24) is 9.78 Å². The number of hydrogen-bond donors (Lipinski definition) is 2. The summed E-state index contributed by atoms with van der Waals surface area (Å²) in [5.74, 6) is -0.422. The molecule has 0 saturated carbocycles. The Balaban J connectivity index is 2.25. The van der Waals surface area contributed by atoms with E-state index in [1.807, 2.05) is 6.92 Å². The Bertz CT molecular complexity index is 624. The van der Waals surface area contributed by atoms with Gasteiger partial charge in [-0.25, -0.2) is 0 Å². The van der Waals surface area contributed by atoms with Crippen LogP contribution in [-0.4, -0.2) is 15.7 Å². The highest BCUT2D eigenvalue weighted by Gasteiger charge is 2.16. The van der Waals surface area contributed by atoms with E-state index in [1.54, 1.807) is 29.1 Å². The minimum atomic E-state index is -0.422. The maximum atomic E-state index is 12.1. The standard InChI is InChI=1S/C12H12Cl2N4O/c1-2-18-6-9(15)11(17-18)12(19)16-10-5-7(13)3-4-8(10)14/h3-6H,2,15H2,1H3,(H,16,19). The third kappa shape index (κ3) is 3.00. The van der Waals surface area contributed by atoms with Crippen LogP contribution in [0.15, 0.2) is 24.4 Å². The van der Waals surface area contributed by atoms with Crippen LogP contribution in [0.5, 0.6) is 0 Å². The van der Waals surface area contributed by atoms with E-state index in [-0.39, 0.29) is 5.69 Å². The Morgan fingerprint density at radius 2 is 2.21 bits per heavy atom. The summed E-state index contributed by atoms with van der Waals surface area (Å²) in [6.45, 7) is 2.54. The molecule has 19 heavy (non-hydrogen) atoms. The number of nitrogens with zero attached hydrogens (tertiary/aromatic N) is 2. The third-order valence-corrected chi connectivity index (χ3v) is 3.07.